The lowest BCUT2D eigenvalue weighted by Gasteiger charge is -2.00. The Bertz CT molecular complexity index is 711. The molecule has 1 N–H and O–H groups in total. The number of nitrogens with zero attached hydrogens (tertiary/aromatic N) is 2. The molecule has 0 radical (unpaired) electrons. The Morgan fingerprint density at radius 2 is 1.80 bits per heavy atom. The van der Waals surface area contributed by atoms with E-state index in [0.29, 0.717) is 0 Å². The molecule has 6 heteroatoms. The van der Waals surface area contributed by atoms with Crippen LogP contribution >= 0.6 is 43.2 Å². The van der Waals surface area contributed by atoms with E-state index in [1.54, 1.807) is 17.5 Å². The maximum absolute atomic E-state index is 4.61. The first-order chi connectivity index (χ1) is 9.72. The second-order valence-electron chi connectivity index (χ2n) is 3.99. The highest BCUT2D eigenvalue weighted by molar-refractivity contribution is 9.11. The molecule has 3 rings (SSSR count). The van der Waals surface area contributed by atoms with Crippen molar-refractivity contribution in [1.82, 2.24) is 9.97 Å². The normalized spacial score (nSPS) is 10.5. The van der Waals surface area contributed by atoms with E-state index in [0.717, 1.165) is 30.5 Å². The summed E-state index contributed by atoms with van der Waals surface area (Å²) in [6, 6.07) is 13.8. The second kappa shape index (κ2) is 6.03. The predicted molar refractivity (Wildman–Crippen MR) is 90.5 cm³/mol. The van der Waals surface area contributed by atoms with Gasteiger partial charge in [0.05, 0.1) is 9.48 Å². The van der Waals surface area contributed by atoms with Gasteiger partial charge in [-0.25, -0.2) is 9.97 Å². The molecule has 1 aromatic carbocycles. The fourth-order valence-electron chi connectivity index (χ4n) is 1.69. The zero-order valence-corrected chi connectivity index (χ0v) is 14.2. The second-order valence-corrected chi connectivity index (χ2v) is 7.22. The SMILES string of the molecule is Brc1ccc(-c2nc(Nc3ccccn3)sc2Br)cc1. The van der Waals surface area contributed by atoms with Gasteiger partial charge in [0.1, 0.15) is 5.82 Å². The fourth-order valence-corrected chi connectivity index (χ4v) is 3.45. The van der Waals surface area contributed by atoms with E-state index in [2.05, 4.69) is 47.1 Å². The molecule has 100 valence electrons. The number of halogens is 2. The molecule has 0 saturated carbocycles. The van der Waals surface area contributed by atoms with Crippen molar-refractivity contribution in [3.63, 3.8) is 0 Å². The summed E-state index contributed by atoms with van der Waals surface area (Å²) < 4.78 is 2.05. The molecule has 0 unspecified atom stereocenters. The molecule has 0 aliphatic rings. The van der Waals surface area contributed by atoms with Gasteiger partial charge in [-0.3, -0.25) is 0 Å². The van der Waals surface area contributed by atoms with Crippen LogP contribution in [-0.4, -0.2) is 9.97 Å². The van der Waals surface area contributed by atoms with Gasteiger partial charge in [-0.05, 0) is 40.2 Å². The van der Waals surface area contributed by atoms with Crippen LogP contribution in [0.5, 0.6) is 0 Å². The molecule has 2 aromatic heterocycles. The first-order valence-corrected chi connectivity index (χ1v) is 8.23. The molecule has 0 aliphatic carbocycles. The minimum absolute atomic E-state index is 0.788. The number of hydrogen-bond acceptors (Lipinski definition) is 4. The number of aromatic nitrogens is 2. The standard InChI is InChI=1S/C14H9Br2N3S/c15-10-6-4-9(5-7-10)12-13(16)20-14(19-12)18-11-3-1-2-8-17-11/h1-8H,(H,17,18,19). The van der Waals surface area contributed by atoms with Crippen LogP contribution in [0.15, 0.2) is 56.9 Å². The van der Waals surface area contributed by atoms with Crippen molar-refractivity contribution < 1.29 is 0 Å². The molecule has 0 amide bonds. The average molecular weight is 411 g/mol. The third-order valence-electron chi connectivity index (χ3n) is 2.60. The maximum Gasteiger partial charge on any atom is 0.189 e. The Kier molecular flexibility index (Phi) is 4.14. The van der Waals surface area contributed by atoms with Crippen LogP contribution in [0.4, 0.5) is 10.9 Å². The van der Waals surface area contributed by atoms with Gasteiger partial charge in [0.2, 0.25) is 0 Å². The summed E-state index contributed by atoms with van der Waals surface area (Å²) in [6.07, 6.45) is 1.75. The summed E-state index contributed by atoms with van der Waals surface area (Å²) in [6.45, 7) is 0. The number of nitrogens with one attached hydrogen (secondary N) is 1. The lowest BCUT2D eigenvalue weighted by molar-refractivity contribution is 1.29. The minimum atomic E-state index is 0.788. The molecular weight excluding hydrogens is 402 g/mol. The summed E-state index contributed by atoms with van der Waals surface area (Å²) in [7, 11) is 0. The van der Waals surface area contributed by atoms with Gasteiger partial charge < -0.3 is 5.32 Å². The van der Waals surface area contributed by atoms with Gasteiger partial charge in [-0.2, -0.15) is 0 Å². The summed E-state index contributed by atoms with van der Waals surface area (Å²) in [5.41, 5.74) is 2.01. The highest BCUT2D eigenvalue weighted by Crippen LogP contribution is 2.36. The van der Waals surface area contributed by atoms with E-state index in [1.807, 2.05) is 42.5 Å². The largest absolute Gasteiger partial charge is 0.316 e. The van der Waals surface area contributed by atoms with Crippen molar-refractivity contribution in [2.75, 3.05) is 5.32 Å². The van der Waals surface area contributed by atoms with Gasteiger partial charge in [0, 0.05) is 16.2 Å². The number of anilines is 2. The topological polar surface area (TPSA) is 37.8 Å². The molecule has 3 aromatic rings. The number of benzene rings is 1. The van der Waals surface area contributed by atoms with Gasteiger partial charge in [-0.1, -0.05) is 45.5 Å². The monoisotopic (exact) mass is 409 g/mol. The number of pyridine rings is 1. The Hall–Kier alpha value is -1.24. The van der Waals surface area contributed by atoms with Gasteiger partial charge in [0.15, 0.2) is 5.13 Å². The molecule has 0 atom stereocenters. The van der Waals surface area contributed by atoms with Crippen LogP contribution in [0.3, 0.4) is 0 Å². The lowest BCUT2D eigenvalue weighted by Crippen LogP contribution is -1.91. The molecule has 0 spiro atoms. The average Bonchev–Trinajstić information content (AvgIpc) is 2.81. The summed E-state index contributed by atoms with van der Waals surface area (Å²) in [5, 5.41) is 4.02. The van der Waals surface area contributed by atoms with E-state index in [-0.39, 0.29) is 0 Å². The summed E-state index contributed by atoms with van der Waals surface area (Å²) in [5.74, 6) is 0.788. The van der Waals surface area contributed by atoms with Crippen molar-refractivity contribution in [1.29, 1.82) is 0 Å². The van der Waals surface area contributed by atoms with Crippen LogP contribution in [-0.2, 0) is 0 Å². The van der Waals surface area contributed by atoms with Crippen molar-refractivity contribution >= 4 is 54.1 Å². The Balaban J connectivity index is 1.89. The lowest BCUT2D eigenvalue weighted by atomic mass is 10.2. The highest BCUT2D eigenvalue weighted by Gasteiger charge is 2.11. The van der Waals surface area contributed by atoms with Crippen LogP contribution in [0.2, 0.25) is 0 Å². The van der Waals surface area contributed by atoms with Gasteiger partial charge in [0.25, 0.3) is 0 Å². The third-order valence-corrected chi connectivity index (χ3v) is 4.75. The van der Waals surface area contributed by atoms with Crippen LogP contribution in [0, 0.1) is 0 Å². The van der Waals surface area contributed by atoms with Crippen LogP contribution < -0.4 is 5.32 Å². The number of rotatable bonds is 3. The van der Waals surface area contributed by atoms with E-state index in [9.17, 15) is 0 Å². The third kappa shape index (κ3) is 3.08. The van der Waals surface area contributed by atoms with Crippen molar-refractivity contribution in [3.8, 4) is 11.3 Å². The fraction of sp³-hybridized carbons (Fsp3) is 0. The Morgan fingerprint density at radius 3 is 2.50 bits per heavy atom. The van der Waals surface area contributed by atoms with Gasteiger partial charge in [-0.15, -0.1) is 0 Å². The Labute approximate surface area is 137 Å². The first kappa shape index (κ1) is 13.7. The summed E-state index contributed by atoms with van der Waals surface area (Å²) in [4.78, 5) is 8.84. The predicted octanol–water partition coefficient (Wildman–Crippen LogP) is 5.47. The van der Waals surface area contributed by atoms with Crippen molar-refractivity contribution in [3.05, 3.63) is 56.9 Å². The van der Waals surface area contributed by atoms with Crippen molar-refractivity contribution in [2.24, 2.45) is 0 Å². The molecule has 2 heterocycles. The molecule has 20 heavy (non-hydrogen) atoms. The van der Waals surface area contributed by atoms with Crippen LogP contribution in [0.25, 0.3) is 11.3 Å². The van der Waals surface area contributed by atoms with Gasteiger partial charge >= 0.3 is 0 Å². The van der Waals surface area contributed by atoms with E-state index < -0.39 is 0 Å². The van der Waals surface area contributed by atoms with E-state index >= 15 is 0 Å². The van der Waals surface area contributed by atoms with Crippen molar-refractivity contribution in [2.45, 2.75) is 0 Å². The summed E-state index contributed by atoms with van der Waals surface area (Å²) >= 11 is 8.56. The van der Waals surface area contributed by atoms with E-state index in [4.69, 9.17) is 0 Å². The minimum Gasteiger partial charge on any atom is -0.316 e. The highest BCUT2D eigenvalue weighted by atomic mass is 79.9. The molecule has 0 fully saturated rings. The smallest absolute Gasteiger partial charge is 0.189 e. The Morgan fingerprint density at radius 1 is 1.00 bits per heavy atom. The first-order valence-electron chi connectivity index (χ1n) is 5.83. The number of hydrogen-bond donors (Lipinski definition) is 1. The molecule has 3 nitrogen and oxygen atoms in total. The maximum atomic E-state index is 4.61. The molecule has 0 aliphatic heterocycles. The van der Waals surface area contributed by atoms with Crippen LogP contribution in [0.1, 0.15) is 0 Å². The molecule has 0 bridgehead atoms. The zero-order valence-electron chi connectivity index (χ0n) is 10.2. The molecular formula is C14H9Br2N3S. The quantitative estimate of drug-likeness (QED) is 0.621. The zero-order chi connectivity index (χ0) is 13.9. The van der Waals surface area contributed by atoms with E-state index in [1.165, 1.54) is 0 Å². The number of thiazole rings is 1. The molecule has 0 saturated heterocycles.